The monoisotopic (exact) mass is 193 g/mol. The van der Waals surface area contributed by atoms with Crippen LogP contribution in [0.1, 0.15) is 13.3 Å². The Labute approximate surface area is 83.5 Å². The van der Waals surface area contributed by atoms with Crippen molar-refractivity contribution >= 4 is 0 Å². The third-order valence-corrected chi connectivity index (χ3v) is 2.85. The van der Waals surface area contributed by atoms with Crippen molar-refractivity contribution in [3.63, 3.8) is 0 Å². The van der Waals surface area contributed by atoms with Gasteiger partial charge in [-0.1, -0.05) is 6.92 Å². The highest BCUT2D eigenvalue weighted by atomic mass is 16.5. The molecule has 0 aliphatic heterocycles. The van der Waals surface area contributed by atoms with Gasteiger partial charge in [0.25, 0.3) is 0 Å². The zero-order valence-corrected chi connectivity index (χ0v) is 8.23. The standard InChI is InChI=1S/C11H15NO2/c1-8-6-11(8,12)7-14-10-4-2-9(13)3-5-10/h2-5,8,13H,6-7,12H2,1H3. The molecule has 3 heteroatoms. The van der Waals surface area contributed by atoms with Crippen LogP contribution >= 0.6 is 0 Å². The van der Waals surface area contributed by atoms with Crippen LogP contribution in [0.2, 0.25) is 0 Å². The molecule has 0 bridgehead atoms. The fraction of sp³-hybridized carbons (Fsp3) is 0.455. The minimum atomic E-state index is -0.127. The number of aromatic hydroxyl groups is 1. The van der Waals surface area contributed by atoms with Gasteiger partial charge in [0.05, 0.1) is 5.54 Å². The second kappa shape index (κ2) is 3.17. The second-order valence-electron chi connectivity index (χ2n) is 4.12. The molecular formula is C11H15NO2. The van der Waals surface area contributed by atoms with Crippen LogP contribution in [0.25, 0.3) is 0 Å². The van der Waals surface area contributed by atoms with Gasteiger partial charge in [0.15, 0.2) is 0 Å². The lowest BCUT2D eigenvalue weighted by atomic mass is 10.2. The van der Waals surface area contributed by atoms with Crippen molar-refractivity contribution < 1.29 is 9.84 Å². The molecule has 2 atom stereocenters. The molecule has 1 aliphatic carbocycles. The van der Waals surface area contributed by atoms with Gasteiger partial charge in [-0.2, -0.15) is 0 Å². The molecular weight excluding hydrogens is 178 g/mol. The molecule has 1 aromatic carbocycles. The fourth-order valence-electron chi connectivity index (χ4n) is 1.47. The number of hydrogen-bond donors (Lipinski definition) is 2. The highest BCUT2D eigenvalue weighted by molar-refractivity contribution is 5.30. The first-order valence-electron chi connectivity index (χ1n) is 4.81. The van der Waals surface area contributed by atoms with Crippen LogP contribution in [0.15, 0.2) is 24.3 Å². The summed E-state index contributed by atoms with van der Waals surface area (Å²) in [5.74, 6) is 1.56. The van der Waals surface area contributed by atoms with Crippen LogP contribution in [0.5, 0.6) is 11.5 Å². The molecule has 0 saturated heterocycles. The van der Waals surface area contributed by atoms with E-state index in [9.17, 15) is 0 Å². The van der Waals surface area contributed by atoms with E-state index in [2.05, 4.69) is 6.92 Å². The summed E-state index contributed by atoms with van der Waals surface area (Å²) >= 11 is 0. The van der Waals surface area contributed by atoms with Gasteiger partial charge in [0.2, 0.25) is 0 Å². The molecule has 0 amide bonds. The van der Waals surface area contributed by atoms with Gasteiger partial charge < -0.3 is 15.6 Å². The largest absolute Gasteiger partial charge is 0.508 e. The summed E-state index contributed by atoms with van der Waals surface area (Å²) in [4.78, 5) is 0. The Morgan fingerprint density at radius 1 is 1.50 bits per heavy atom. The number of hydrogen-bond acceptors (Lipinski definition) is 3. The minimum absolute atomic E-state index is 0.127. The molecule has 1 aliphatic rings. The van der Waals surface area contributed by atoms with Gasteiger partial charge in [-0.3, -0.25) is 0 Å². The Bertz CT molecular complexity index is 323. The summed E-state index contributed by atoms with van der Waals surface area (Å²) in [5.41, 5.74) is 5.87. The van der Waals surface area contributed by atoms with Crippen LogP contribution in [-0.4, -0.2) is 17.3 Å². The number of phenols is 1. The molecule has 76 valence electrons. The van der Waals surface area contributed by atoms with Crippen LogP contribution in [-0.2, 0) is 0 Å². The summed E-state index contributed by atoms with van der Waals surface area (Å²) in [6.45, 7) is 2.68. The average molecular weight is 193 g/mol. The number of phenolic OH excluding ortho intramolecular Hbond substituents is 1. The van der Waals surface area contributed by atoms with E-state index < -0.39 is 0 Å². The smallest absolute Gasteiger partial charge is 0.119 e. The Morgan fingerprint density at radius 2 is 2.07 bits per heavy atom. The Balaban J connectivity index is 1.89. The highest BCUT2D eigenvalue weighted by Gasteiger charge is 2.48. The minimum Gasteiger partial charge on any atom is -0.508 e. The maximum Gasteiger partial charge on any atom is 0.119 e. The highest BCUT2D eigenvalue weighted by Crippen LogP contribution is 2.40. The van der Waals surface area contributed by atoms with E-state index in [1.165, 1.54) is 0 Å². The predicted molar refractivity (Wildman–Crippen MR) is 54.3 cm³/mol. The lowest BCUT2D eigenvalue weighted by molar-refractivity contribution is 0.271. The molecule has 0 heterocycles. The number of rotatable bonds is 3. The molecule has 0 radical (unpaired) electrons. The number of benzene rings is 1. The van der Waals surface area contributed by atoms with Gasteiger partial charge in [-0.05, 0) is 36.6 Å². The van der Waals surface area contributed by atoms with Crippen LogP contribution in [0.4, 0.5) is 0 Å². The third kappa shape index (κ3) is 1.82. The molecule has 3 N–H and O–H groups in total. The van der Waals surface area contributed by atoms with E-state index in [-0.39, 0.29) is 11.3 Å². The van der Waals surface area contributed by atoms with E-state index in [1.807, 2.05) is 0 Å². The number of ether oxygens (including phenoxy) is 1. The van der Waals surface area contributed by atoms with Gasteiger partial charge in [-0.25, -0.2) is 0 Å². The topological polar surface area (TPSA) is 55.5 Å². The summed E-state index contributed by atoms with van der Waals surface area (Å²) in [5, 5.41) is 9.06. The van der Waals surface area contributed by atoms with Crippen LogP contribution in [0.3, 0.4) is 0 Å². The molecule has 14 heavy (non-hydrogen) atoms. The average Bonchev–Trinajstić information content (AvgIpc) is 2.74. The van der Waals surface area contributed by atoms with Crippen LogP contribution in [0, 0.1) is 5.92 Å². The third-order valence-electron chi connectivity index (χ3n) is 2.85. The zero-order chi connectivity index (χ0) is 10.2. The van der Waals surface area contributed by atoms with Crippen molar-refractivity contribution in [2.24, 2.45) is 11.7 Å². The summed E-state index contributed by atoms with van der Waals surface area (Å²) in [6, 6.07) is 6.70. The van der Waals surface area contributed by atoms with E-state index in [4.69, 9.17) is 15.6 Å². The van der Waals surface area contributed by atoms with E-state index in [1.54, 1.807) is 24.3 Å². The lowest BCUT2D eigenvalue weighted by Crippen LogP contribution is -2.32. The first kappa shape index (κ1) is 9.34. The molecule has 1 fully saturated rings. The van der Waals surface area contributed by atoms with E-state index in [0.717, 1.165) is 12.2 Å². The molecule has 3 nitrogen and oxygen atoms in total. The van der Waals surface area contributed by atoms with Crippen molar-refractivity contribution in [3.8, 4) is 11.5 Å². The quantitative estimate of drug-likeness (QED) is 0.765. The Kier molecular flexibility index (Phi) is 2.11. The fourth-order valence-corrected chi connectivity index (χ4v) is 1.47. The first-order valence-corrected chi connectivity index (χ1v) is 4.81. The van der Waals surface area contributed by atoms with E-state index >= 15 is 0 Å². The Hall–Kier alpha value is -1.22. The lowest BCUT2D eigenvalue weighted by Gasteiger charge is -2.12. The van der Waals surface area contributed by atoms with Crippen LogP contribution < -0.4 is 10.5 Å². The molecule has 2 unspecified atom stereocenters. The molecule has 1 aromatic rings. The van der Waals surface area contributed by atoms with Crippen molar-refractivity contribution in [1.29, 1.82) is 0 Å². The van der Waals surface area contributed by atoms with Gasteiger partial charge in [-0.15, -0.1) is 0 Å². The summed E-state index contributed by atoms with van der Waals surface area (Å²) in [6.07, 6.45) is 1.03. The van der Waals surface area contributed by atoms with Crippen molar-refractivity contribution in [3.05, 3.63) is 24.3 Å². The normalized spacial score (nSPS) is 30.0. The maximum atomic E-state index is 9.06. The van der Waals surface area contributed by atoms with Gasteiger partial charge in [0, 0.05) is 0 Å². The molecule has 0 aromatic heterocycles. The summed E-state index contributed by atoms with van der Waals surface area (Å²) < 4.78 is 5.52. The SMILES string of the molecule is CC1CC1(N)COc1ccc(O)cc1. The molecule has 0 spiro atoms. The zero-order valence-electron chi connectivity index (χ0n) is 8.23. The van der Waals surface area contributed by atoms with Gasteiger partial charge >= 0.3 is 0 Å². The molecule has 1 saturated carbocycles. The maximum absolute atomic E-state index is 9.06. The second-order valence-corrected chi connectivity index (χ2v) is 4.12. The van der Waals surface area contributed by atoms with Crippen molar-refractivity contribution in [2.45, 2.75) is 18.9 Å². The summed E-state index contributed by atoms with van der Waals surface area (Å²) in [7, 11) is 0. The van der Waals surface area contributed by atoms with Crippen molar-refractivity contribution in [1.82, 2.24) is 0 Å². The Morgan fingerprint density at radius 3 is 2.57 bits per heavy atom. The van der Waals surface area contributed by atoms with Gasteiger partial charge in [0.1, 0.15) is 18.1 Å². The number of nitrogens with two attached hydrogens (primary N) is 1. The molecule has 2 rings (SSSR count). The van der Waals surface area contributed by atoms with E-state index in [0.29, 0.717) is 12.5 Å². The first-order chi connectivity index (χ1) is 6.60. The predicted octanol–water partition coefficient (Wildman–Crippen LogP) is 1.51. The van der Waals surface area contributed by atoms with Crippen molar-refractivity contribution in [2.75, 3.05) is 6.61 Å².